The van der Waals surface area contributed by atoms with E-state index in [0.29, 0.717) is 6.04 Å². The highest BCUT2D eigenvalue weighted by Gasteiger charge is 2.26. The van der Waals surface area contributed by atoms with Crippen molar-refractivity contribution in [3.8, 4) is 0 Å². The number of anilines is 1. The van der Waals surface area contributed by atoms with Crippen molar-refractivity contribution in [1.29, 1.82) is 0 Å². The molecule has 0 bridgehead atoms. The molecular weight excluding hydrogens is 302 g/mol. The van der Waals surface area contributed by atoms with Gasteiger partial charge in [0.15, 0.2) is 5.82 Å². The Morgan fingerprint density at radius 3 is 2.83 bits per heavy atom. The summed E-state index contributed by atoms with van der Waals surface area (Å²) in [6.07, 6.45) is 5.59. The maximum absolute atomic E-state index is 6.00. The van der Waals surface area contributed by atoms with Crippen molar-refractivity contribution in [3.05, 3.63) is 48.4 Å². The number of hydrogen-bond donors (Lipinski definition) is 0. The number of morpholine rings is 1. The molecule has 0 spiro atoms. The first-order chi connectivity index (χ1) is 11.8. The average Bonchev–Trinajstić information content (AvgIpc) is 2.67. The van der Waals surface area contributed by atoms with Crippen molar-refractivity contribution < 1.29 is 4.74 Å². The molecular formula is C18H25N5O. The molecule has 0 amide bonds. The molecule has 0 saturated carbocycles. The number of pyridine rings is 1. The molecule has 6 nitrogen and oxygen atoms in total. The van der Waals surface area contributed by atoms with Crippen LogP contribution in [0.15, 0.2) is 42.9 Å². The zero-order chi connectivity index (χ0) is 16.8. The fraction of sp³-hybridized carbons (Fsp3) is 0.500. The van der Waals surface area contributed by atoms with Gasteiger partial charge in [0.05, 0.1) is 12.7 Å². The number of hydrogen-bond acceptors (Lipinski definition) is 6. The average molecular weight is 327 g/mol. The third-order valence-electron chi connectivity index (χ3n) is 4.59. The van der Waals surface area contributed by atoms with Gasteiger partial charge in [-0.3, -0.25) is 9.88 Å². The first-order valence-corrected chi connectivity index (χ1v) is 8.56. The third kappa shape index (κ3) is 4.07. The van der Waals surface area contributed by atoms with Crippen LogP contribution in [-0.2, 0) is 4.74 Å². The van der Waals surface area contributed by atoms with Crippen LogP contribution >= 0.6 is 0 Å². The first-order valence-electron chi connectivity index (χ1n) is 8.56. The quantitative estimate of drug-likeness (QED) is 0.810. The van der Waals surface area contributed by atoms with Crippen LogP contribution in [0, 0.1) is 0 Å². The summed E-state index contributed by atoms with van der Waals surface area (Å²) in [6, 6.07) is 8.47. The number of likely N-dealkylation sites (N-methyl/N-ethyl adjacent to an activating group) is 1. The van der Waals surface area contributed by atoms with Crippen LogP contribution in [0.5, 0.6) is 0 Å². The molecule has 0 radical (unpaired) electrons. The van der Waals surface area contributed by atoms with E-state index in [1.165, 1.54) is 5.56 Å². The Balaban J connectivity index is 1.63. The van der Waals surface area contributed by atoms with Gasteiger partial charge in [-0.2, -0.15) is 5.10 Å². The second-order valence-corrected chi connectivity index (χ2v) is 6.06. The minimum absolute atomic E-state index is 0.171. The van der Waals surface area contributed by atoms with Gasteiger partial charge in [0.25, 0.3) is 0 Å². The molecule has 2 aromatic rings. The van der Waals surface area contributed by atoms with Crippen molar-refractivity contribution >= 4 is 5.82 Å². The molecule has 128 valence electrons. The number of nitrogens with zero attached hydrogens (tertiary/aromatic N) is 5. The van der Waals surface area contributed by atoms with E-state index in [0.717, 1.165) is 38.6 Å². The van der Waals surface area contributed by atoms with Crippen molar-refractivity contribution in [2.45, 2.75) is 26.0 Å². The molecule has 0 N–H and O–H groups in total. The number of ether oxygens (including phenoxy) is 1. The lowest BCUT2D eigenvalue weighted by molar-refractivity contribution is -0.0371. The zero-order valence-corrected chi connectivity index (χ0v) is 14.4. The van der Waals surface area contributed by atoms with Gasteiger partial charge in [-0.1, -0.05) is 0 Å². The molecule has 2 atom stereocenters. The molecule has 1 saturated heterocycles. The first kappa shape index (κ1) is 16.8. The van der Waals surface area contributed by atoms with Crippen LogP contribution in [-0.4, -0.2) is 59.0 Å². The van der Waals surface area contributed by atoms with Crippen molar-refractivity contribution in [2.75, 3.05) is 37.7 Å². The van der Waals surface area contributed by atoms with Gasteiger partial charge >= 0.3 is 0 Å². The summed E-state index contributed by atoms with van der Waals surface area (Å²) in [4.78, 5) is 8.81. The molecule has 0 unspecified atom stereocenters. The molecule has 1 aliphatic heterocycles. The highest BCUT2D eigenvalue weighted by atomic mass is 16.5. The van der Waals surface area contributed by atoms with Crippen LogP contribution < -0.4 is 4.90 Å². The normalized spacial score (nSPS) is 19.8. The second-order valence-electron chi connectivity index (χ2n) is 6.06. The molecule has 2 aromatic heterocycles. The molecule has 3 rings (SSSR count). The predicted molar refractivity (Wildman–Crippen MR) is 93.9 cm³/mol. The molecule has 24 heavy (non-hydrogen) atoms. The summed E-state index contributed by atoms with van der Waals surface area (Å²) in [6.45, 7) is 8.73. The van der Waals surface area contributed by atoms with Gasteiger partial charge in [0.2, 0.25) is 0 Å². The summed E-state index contributed by atoms with van der Waals surface area (Å²) < 4.78 is 6.00. The van der Waals surface area contributed by atoms with E-state index in [-0.39, 0.29) is 6.10 Å². The summed E-state index contributed by atoms with van der Waals surface area (Å²) >= 11 is 0. The fourth-order valence-corrected chi connectivity index (χ4v) is 3.15. The predicted octanol–water partition coefficient (Wildman–Crippen LogP) is 2.16. The van der Waals surface area contributed by atoms with Crippen LogP contribution in [0.25, 0.3) is 0 Å². The highest BCUT2D eigenvalue weighted by Crippen LogP contribution is 2.22. The van der Waals surface area contributed by atoms with Crippen LogP contribution in [0.2, 0.25) is 0 Å². The van der Waals surface area contributed by atoms with E-state index in [2.05, 4.69) is 51.0 Å². The van der Waals surface area contributed by atoms with Gasteiger partial charge < -0.3 is 9.64 Å². The van der Waals surface area contributed by atoms with Gasteiger partial charge in [0.1, 0.15) is 0 Å². The summed E-state index contributed by atoms with van der Waals surface area (Å²) in [5.74, 6) is 0.905. The maximum Gasteiger partial charge on any atom is 0.151 e. The summed E-state index contributed by atoms with van der Waals surface area (Å²) in [5, 5.41) is 8.20. The topological polar surface area (TPSA) is 54.4 Å². The monoisotopic (exact) mass is 327 g/mol. The summed E-state index contributed by atoms with van der Waals surface area (Å²) in [5.41, 5.74) is 1.30. The van der Waals surface area contributed by atoms with Crippen LogP contribution in [0.4, 0.5) is 5.82 Å². The highest BCUT2D eigenvalue weighted by molar-refractivity contribution is 5.36. The lowest BCUT2D eigenvalue weighted by Gasteiger charge is -2.38. The van der Waals surface area contributed by atoms with E-state index in [9.17, 15) is 0 Å². The second kappa shape index (κ2) is 8.17. The van der Waals surface area contributed by atoms with Crippen LogP contribution in [0.3, 0.4) is 0 Å². The van der Waals surface area contributed by atoms with Crippen molar-refractivity contribution in [3.63, 3.8) is 0 Å². The SMILES string of the molecule is CCN(C[C@H]1CN([C@@H](C)c2ccncc2)CCO1)c1cccnn1. The van der Waals surface area contributed by atoms with Crippen molar-refractivity contribution in [1.82, 2.24) is 20.1 Å². The summed E-state index contributed by atoms with van der Waals surface area (Å²) in [7, 11) is 0. The van der Waals surface area contributed by atoms with E-state index < -0.39 is 0 Å². The Morgan fingerprint density at radius 2 is 2.12 bits per heavy atom. The zero-order valence-electron chi connectivity index (χ0n) is 14.4. The fourth-order valence-electron chi connectivity index (χ4n) is 3.15. The molecule has 1 aliphatic rings. The maximum atomic E-state index is 6.00. The lowest BCUT2D eigenvalue weighted by atomic mass is 10.1. The van der Waals surface area contributed by atoms with E-state index in [1.807, 2.05) is 24.5 Å². The Hall–Kier alpha value is -2.05. The van der Waals surface area contributed by atoms with Gasteiger partial charge in [-0.05, 0) is 43.7 Å². The van der Waals surface area contributed by atoms with Gasteiger partial charge in [-0.25, -0.2) is 0 Å². The van der Waals surface area contributed by atoms with Gasteiger partial charge in [-0.15, -0.1) is 5.10 Å². The molecule has 3 heterocycles. The van der Waals surface area contributed by atoms with E-state index in [1.54, 1.807) is 6.20 Å². The number of aromatic nitrogens is 3. The Kier molecular flexibility index (Phi) is 5.72. The Morgan fingerprint density at radius 1 is 1.29 bits per heavy atom. The molecule has 0 aliphatic carbocycles. The largest absolute Gasteiger partial charge is 0.374 e. The Bertz CT molecular complexity index is 609. The smallest absolute Gasteiger partial charge is 0.151 e. The lowest BCUT2D eigenvalue weighted by Crippen LogP contribution is -2.48. The van der Waals surface area contributed by atoms with Gasteiger partial charge in [0, 0.05) is 50.8 Å². The Labute approximate surface area is 143 Å². The molecule has 6 heteroatoms. The minimum Gasteiger partial charge on any atom is -0.374 e. The molecule has 1 fully saturated rings. The van der Waals surface area contributed by atoms with Crippen molar-refractivity contribution in [2.24, 2.45) is 0 Å². The molecule has 0 aromatic carbocycles. The van der Waals surface area contributed by atoms with Crippen LogP contribution in [0.1, 0.15) is 25.5 Å². The van der Waals surface area contributed by atoms with E-state index >= 15 is 0 Å². The van der Waals surface area contributed by atoms with E-state index in [4.69, 9.17) is 4.74 Å². The standard InChI is InChI=1S/C18H25N5O/c1-3-22(18-5-4-8-20-21-18)13-17-14-23(11-12-24-17)15(2)16-6-9-19-10-7-16/h4-10,15,17H,3,11-14H2,1-2H3/t15-,17-/m0/s1. The third-order valence-corrected chi connectivity index (χ3v) is 4.59. The minimum atomic E-state index is 0.171. The number of rotatable bonds is 6.